The van der Waals surface area contributed by atoms with Crippen molar-refractivity contribution < 1.29 is 9.72 Å². The molecule has 2 N–H and O–H groups in total. The molecule has 0 atom stereocenters. The average molecular weight is 502 g/mol. The average Bonchev–Trinajstić information content (AvgIpc) is 2.78. The maximum absolute atomic E-state index is 12.2. The first-order valence-electron chi connectivity index (χ1n) is 10.7. The summed E-state index contributed by atoms with van der Waals surface area (Å²) < 4.78 is 0.876. The van der Waals surface area contributed by atoms with Crippen molar-refractivity contribution in [2.75, 3.05) is 23.8 Å². The summed E-state index contributed by atoms with van der Waals surface area (Å²) >= 11 is 3.47. The molecule has 0 aromatic heterocycles. The van der Waals surface area contributed by atoms with Crippen LogP contribution in [0.3, 0.4) is 0 Å². The number of nitro benzene ring substituents is 1. The molecule has 0 saturated heterocycles. The van der Waals surface area contributed by atoms with E-state index < -0.39 is 4.92 Å². The normalized spacial score (nSPS) is 14.3. The van der Waals surface area contributed by atoms with Gasteiger partial charge in [0.05, 0.1) is 17.7 Å². The highest BCUT2D eigenvalue weighted by Crippen LogP contribution is 2.30. The molecule has 170 valence electrons. The predicted molar refractivity (Wildman–Crippen MR) is 131 cm³/mol. The standard InChI is InChI=1S/C23H28BrN5O3/c1-16-8-10-21(20(24)12-16)25-15-23(30)27-26-14-17-13-19(29(31)32)9-11-22(17)28(2)18-6-4-3-5-7-18/h8-14,18,25H,3-7,15H2,1-2H3,(H,27,30)/b26-14+. The Morgan fingerprint density at radius 3 is 2.69 bits per heavy atom. The van der Waals surface area contributed by atoms with Crippen LogP contribution in [0.4, 0.5) is 17.1 Å². The zero-order valence-electron chi connectivity index (χ0n) is 18.3. The number of benzene rings is 2. The number of nitro groups is 1. The lowest BCUT2D eigenvalue weighted by atomic mass is 9.94. The van der Waals surface area contributed by atoms with Crippen molar-refractivity contribution >= 4 is 45.1 Å². The number of carbonyl (C=O) groups excluding carboxylic acids is 1. The molecular weight excluding hydrogens is 474 g/mol. The summed E-state index contributed by atoms with van der Waals surface area (Å²) in [5.41, 5.74) is 5.87. The summed E-state index contributed by atoms with van der Waals surface area (Å²) in [6.45, 7) is 2.03. The summed E-state index contributed by atoms with van der Waals surface area (Å²) in [5, 5.41) is 18.4. The van der Waals surface area contributed by atoms with Gasteiger partial charge in [0.1, 0.15) is 0 Å². The number of hydrogen-bond donors (Lipinski definition) is 2. The zero-order chi connectivity index (χ0) is 23.1. The van der Waals surface area contributed by atoms with Crippen molar-refractivity contribution in [2.45, 2.75) is 45.1 Å². The van der Waals surface area contributed by atoms with Gasteiger partial charge >= 0.3 is 0 Å². The molecule has 9 heteroatoms. The van der Waals surface area contributed by atoms with Gasteiger partial charge in [0.2, 0.25) is 0 Å². The van der Waals surface area contributed by atoms with Crippen molar-refractivity contribution in [3.05, 3.63) is 62.1 Å². The lowest BCUT2D eigenvalue weighted by molar-refractivity contribution is -0.384. The molecule has 8 nitrogen and oxygen atoms in total. The number of hydrazone groups is 1. The number of non-ortho nitro benzene ring substituents is 1. The highest BCUT2D eigenvalue weighted by Gasteiger charge is 2.21. The van der Waals surface area contributed by atoms with Crippen LogP contribution < -0.4 is 15.6 Å². The van der Waals surface area contributed by atoms with E-state index in [0.29, 0.717) is 11.6 Å². The molecule has 3 rings (SSSR count). The van der Waals surface area contributed by atoms with Gasteiger partial charge in [-0.3, -0.25) is 14.9 Å². The van der Waals surface area contributed by atoms with Gasteiger partial charge in [-0.05, 0) is 59.5 Å². The van der Waals surface area contributed by atoms with Crippen LogP contribution in [-0.4, -0.2) is 36.7 Å². The van der Waals surface area contributed by atoms with E-state index in [1.165, 1.54) is 37.6 Å². The Morgan fingerprint density at radius 2 is 2.00 bits per heavy atom. The Balaban J connectivity index is 1.67. The third-order valence-corrected chi connectivity index (χ3v) is 6.34. The molecule has 1 aliphatic rings. The van der Waals surface area contributed by atoms with Gasteiger partial charge in [0.15, 0.2) is 0 Å². The molecule has 0 bridgehead atoms. The van der Waals surface area contributed by atoms with Gasteiger partial charge in [-0.2, -0.15) is 5.10 Å². The largest absolute Gasteiger partial charge is 0.375 e. The summed E-state index contributed by atoms with van der Waals surface area (Å²) in [5.74, 6) is -0.318. The number of carbonyl (C=O) groups is 1. The van der Waals surface area contributed by atoms with Crippen LogP contribution in [0.1, 0.15) is 43.2 Å². The number of amides is 1. The Labute approximate surface area is 196 Å². The number of nitrogens with one attached hydrogen (secondary N) is 2. The van der Waals surface area contributed by atoms with Crippen molar-refractivity contribution in [3.63, 3.8) is 0 Å². The van der Waals surface area contributed by atoms with E-state index in [4.69, 9.17) is 0 Å². The quantitative estimate of drug-likeness (QED) is 0.301. The molecule has 0 radical (unpaired) electrons. The van der Waals surface area contributed by atoms with Crippen molar-refractivity contribution in [2.24, 2.45) is 5.10 Å². The minimum atomic E-state index is -0.427. The number of anilines is 2. The fourth-order valence-electron chi connectivity index (χ4n) is 3.90. The van der Waals surface area contributed by atoms with E-state index in [9.17, 15) is 14.9 Å². The van der Waals surface area contributed by atoms with Crippen LogP contribution in [0.25, 0.3) is 0 Å². The number of aryl methyl sites for hydroxylation is 1. The maximum atomic E-state index is 12.2. The molecule has 1 aliphatic carbocycles. The molecule has 1 fully saturated rings. The SMILES string of the molecule is Cc1ccc(NCC(=O)N/N=C/c2cc([N+](=O)[O-])ccc2N(C)C2CCCCC2)c(Br)c1. The first-order chi connectivity index (χ1) is 15.3. The van der Waals surface area contributed by atoms with E-state index >= 15 is 0 Å². The van der Waals surface area contributed by atoms with Gasteiger partial charge in [0.25, 0.3) is 11.6 Å². The molecule has 2 aromatic carbocycles. The first-order valence-corrected chi connectivity index (χ1v) is 11.5. The molecule has 32 heavy (non-hydrogen) atoms. The number of rotatable bonds is 8. The van der Waals surface area contributed by atoms with Gasteiger partial charge in [-0.25, -0.2) is 5.43 Å². The molecule has 2 aromatic rings. The highest BCUT2D eigenvalue weighted by atomic mass is 79.9. The second-order valence-electron chi connectivity index (χ2n) is 8.03. The molecular formula is C23H28BrN5O3. The minimum absolute atomic E-state index is 0.00976. The zero-order valence-corrected chi connectivity index (χ0v) is 19.9. The third-order valence-electron chi connectivity index (χ3n) is 5.68. The third kappa shape index (κ3) is 6.29. The molecule has 1 amide bonds. The van der Waals surface area contributed by atoms with E-state index in [2.05, 4.69) is 36.7 Å². The fourth-order valence-corrected chi connectivity index (χ4v) is 4.53. The summed E-state index contributed by atoms with van der Waals surface area (Å²) in [6.07, 6.45) is 7.29. The van der Waals surface area contributed by atoms with E-state index in [1.54, 1.807) is 6.07 Å². The fraction of sp³-hybridized carbons (Fsp3) is 0.391. The second kappa shape index (κ2) is 11.1. The summed E-state index contributed by atoms with van der Waals surface area (Å²) in [4.78, 5) is 25.2. The number of halogens is 1. The summed E-state index contributed by atoms with van der Waals surface area (Å²) in [7, 11) is 2.01. The second-order valence-corrected chi connectivity index (χ2v) is 8.89. The molecule has 0 heterocycles. The van der Waals surface area contributed by atoms with Crippen molar-refractivity contribution in [1.29, 1.82) is 0 Å². The van der Waals surface area contributed by atoms with Gasteiger partial charge < -0.3 is 10.2 Å². The molecule has 1 saturated carbocycles. The molecule has 0 unspecified atom stereocenters. The van der Waals surface area contributed by atoms with Crippen molar-refractivity contribution in [3.8, 4) is 0 Å². The first kappa shape index (κ1) is 23.7. The van der Waals surface area contributed by atoms with E-state index in [0.717, 1.165) is 34.3 Å². The Bertz CT molecular complexity index is 1010. The Morgan fingerprint density at radius 1 is 1.25 bits per heavy atom. The molecule has 0 aliphatic heterocycles. The number of nitrogens with zero attached hydrogens (tertiary/aromatic N) is 3. The van der Waals surface area contributed by atoms with Gasteiger partial charge in [-0.1, -0.05) is 25.3 Å². The predicted octanol–water partition coefficient (Wildman–Crippen LogP) is 5.00. The van der Waals surface area contributed by atoms with Crippen LogP contribution in [0.2, 0.25) is 0 Å². The van der Waals surface area contributed by atoms with Crippen LogP contribution in [0.15, 0.2) is 46.0 Å². The van der Waals surface area contributed by atoms with Crippen LogP contribution in [-0.2, 0) is 4.79 Å². The van der Waals surface area contributed by atoms with Crippen LogP contribution >= 0.6 is 15.9 Å². The number of hydrogen-bond acceptors (Lipinski definition) is 6. The lowest BCUT2D eigenvalue weighted by Crippen LogP contribution is -2.34. The van der Waals surface area contributed by atoms with Crippen molar-refractivity contribution in [1.82, 2.24) is 5.43 Å². The highest BCUT2D eigenvalue weighted by molar-refractivity contribution is 9.10. The Kier molecular flexibility index (Phi) is 8.21. The smallest absolute Gasteiger partial charge is 0.270 e. The Hall–Kier alpha value is -2.94. The topological polar surface area (TPSA) is 99.9 Å². The minimum Gasteiger partial charge on any atom is -0.375 e. The lowest BCUT2D eigenvalue weighted by Gasteiger charge is -2.33. The van der Waals surface area contributed by atoms with Crippen LogP contribution in [0, 0.1) is 17.0 Å². The van der Waals surface area contributed by atoms with Crippen LogP contribution in [0.5, 0.6) is 0 Å². The molecule has 0 spiro atoms. The van der Waals surface area contributed by atoms with Gasteiger partial charge in [0, 0.05) is 46.6 Å². The maximum Gasteiger partial charge on any atom is 0.270 e. The van der Waals surface area contributed by atoms with E-state index in [1.807, 2.05) is 32.2 Å². The van der Waals surface area contributed by atoms with E-state index in [-0.39, 0.29) is 18.1 Å². The van der Waals surface area contributed by atoms with Gasteiger partial charge in [-0.15, -0.1) is 0 Å². The monoisotopic (exact) mass is 501 g/mol. The summed E-state index contributed by atoms with van der Waals surface area (Å²) in [6, 6.07) is 11.0.